The van der Waals surface area contributed by atoms with E-state index in [4.69, 9.17) is 26.8 Å². The van der Waals surface area contributed by atoms with E-state index in [1.807, 2.05) is 0 Å². The Morgan fingerprint density at radius 2 is 1.96 bits per heavy atom. The maximum absolute atomic E-state index is 13.0. The first-order valence-electron chi connectivity index (χ1n) is 7.92. The highest BCUT2D eigenvalue weighted by Crippen LogP contribution is 2.19. The second-order valence-corrected chi connectivity index (χ2v) is 6.08. The molecule has 27 heavy (non-hydrogen) atoms. The number of carbonyl (C=O) groups excluding carboxylic acids is 1. The van der Waals surface area contributed by atoms with Crippen LogP contribution in [-0.4, -0.2) is 27.3 Å². The van der Waals surface area contributed by atoms with Crippen LogP contribution in [0.1, 0.15) is 5.56 Å². The van der Waals surface area contributed by atoms with E-state index in [0.29, 0.717) is 16.3 Å². The fraction of sp³-hybridized carbons (Fsp3) is 0.167. The van der Waals surface area contributed by atoms with Crippen LogP contribution in [0.5, 0.6) is 5.75 Å². The number of rotatable bonds is 7. The molecule has 7 nitrogen and oxygen atoms in total. The molecule has 140 valence electrons. The number of benzene rings is 2. The molecular weight excluding hydrogens is 375 g/mol. The van der Waals surface area contributed by atoms with Gasteiger partial charge in [0, 0.05) is 10.6 Å². The van der Waals surface area contributed by atoms with Gasteiger partial charge in [0.15, 0.2) is 0 Å². The monoisotopic (exact) mass is 390 g/mol. The minimum atomic E-state index is -1.77. The van der Waals surface area contributed by atoms with Crippen molar-refractivity contribution in [1.29, 1.82) is 0 Å². The standard InChI is InChI=1S/C18H16ClFN4O3/c19-16-4-2-1-3-13(16)9-26-17(25)18(21,24-12-22-11-23-24)10-27-15-7-5-14(20)6-8-15/h1-8,11-12H,9-10,21H2. The van der Waals surface area contributed by atoms with Crippen molar-refractivity contribution in [2.24, 2.45) is 5.73 Å². The van der Waals surface area contributed by atoms with Crippen molar-refractivity contribution in [3.63, 3.8) is 0 Å². The van der Waals surface area contributed by atoms with Crippen LogP contribution in [0.3, 0.4) is 0 Å². The summed E-state index contributed by atoms with van der Waals surface area (Å²) >= 11 is 6.07. The molecule has 0 fully saturated rings. The third kappa shape index (κ3) is 4.42. The summed E-state index contributed by atoms with van der Waals surface area (Å²) in [6, 6.07) is 12.3. The van der Waals surface area contributed by atoms with Crippen LogP contribution in [0.2, 0.25) is 5.02 Å². The molecule has 0 aliphatic rings. The third-order valence-corrected chi connectivity index (χ3v) is 4.14. The number of ether oxygens (including phenoxy) is 2. The summed E-state index contributed by atoms with van der Waals surface area (Å²) in [5.41, 5.74) is 5.10. The number of carbonyl (C=O) groups is 1. The van der Waals surface area contributed by atoms with E-state index >= 15 is 0 Å². The van der Waals surface area contributed by atoms with Crippen molar-refractivity contribution in [3.05, 3.63) is 77.6 Å². The summed E-state index contributed by atoms with van der Waals surface area (Å²) in [6.07, 6.45) is 2.52. The Morgan fingerprint density at radius 1 is 1.22 bits per heavy atom. The van der Waals surface area contributed by atoms with Gasteiger partial charge in [0.2, 0.25) is 5.66 Å². The van der Waals surface area contributed by atoms with Crippen LogP contribution in [-0.2, 0) is 21.8 Å². The van der Waals surface area contributed by atoms with E-state index in [-0.39, 0.29) is 13.2 Å². The number of aromatic nitrogens is 3. The molecule has 0 spiro atoms. The van der Waals surface area contributed by atoms with Crippen molar-refractivity contribution < 1.29 is 18.7 Å². The lowest BCUT2D eigenvalue weighted by Gasteiger charge is -2.27. The van der Waals surface area contributed by atoms with Gasteiger partial charge in [-0.2, -0.15) is 5.10 Å². The highest BCUT2D eigenvalue weighted by Gasteiger charge is 2.40. The van der Waals surface area contributed by atoms with Crippen LogP contribution < -0.4 is 10.5 Å². The van der Waals surface area contributed by atoms with Gasteiger partial charge in [-0.25, -0.2) is 18.9 Å². The van der Waals surface area contributed by atoms with Gasteiger partial charge < -0.3 is 9.47 Å². The molecule has 0 radical (unpaired) electrons. The largest absolute Gasteiger partial charge is 0.489 e. The summed E-state index contributed by atoms with van der Waals surface area (Å²) in [5, 5.41) is 4.39. The van der Waals surface area contributed by atoms with E-state index in [0.717, 1.165) is 4.68 Å². The summed E-state index contributed by atoms with van der Waals surface area (Å²) in [5.74, 6) is -0.850. The molecule has 3 rings (SSSR count). The molecule has 1 heterocycles. The molecule has 2 N–H and O–H groups in total. The normalized spacial score (nSPS) is 13.0. The molecule has 0 amide bonds. The van der Waals surface area contributed by atoms with Crippen molar-refractivity contribution in [1.82, 2.24) is 14.8 Å². The SMILES string of the molecule is NC(COc1ccc(F)cc1)(C(=O)OCc1ccccc1Cl)n1cncn1. The lowest BCUT2D eigenvalue weighted by molar-refractivity contribution is -0.158. The summed E-state index contributed by atoms with van der Waals surface area (Å²) in [4.78, 5) is 16.5. The van der Waals surface area contributed by atoms with Crippen molar-refractivity contribution >= 4 is 17.6 Å². The minimum Gasteiger partial charge on any atom is -0.489 e. The van der Waals surface area contributed by atoms with Crippen LogP contribution in [0.15, 0.2) is 61.2 Å². The van der Waals surface area contributed by atoms with E-state index in [9.17, 15) is 9.18 Å². The number of halogens is 2. The zero-order valence-corrected chi connectivity index (χ0v) is 14.8. The predicted octanol–water partition coefficient (Wildman–Crippen LogP) is 2.50. The molecule has 9 heteroatoms. The average molecular weight is 391 g/mol. The molecule has 0 aliphatic carbocycles. The first kappa shape index (κ1) is 18.8. The van der Waals surface area contributed by atoms with Crippen LogP contribution in [0, 0.1) is 5.82 Å². The Morgan fingerprint density at radius 3 is 2.63 bits per heavy atom. The number of hydrogen-bond donors (Lipinski definition) is 1. The zero-order valence-electron chi connectivity index (χ0n) is 14.1. The molecule has 0 bridgehead atoms. The molecule has 0 saturated heterocycles. The quantitative estimate of drug-likeness (QED) is 0.623. The van der Waals surface area contributed by atoms with Crippen LogP contribution in [0.4, 0.5) is 4.39 Å². The number of nitrogens with two attached hydrogens (primary N) is 1. The highest BCUT2D eigenvalue weighted by atomic mass is 35.5. The van der Waals surface area contributed by atoms with E-state index in [1.54, 1.807) is 24.3 Å². The number of hydrogen-bond acceptors (Lipinski definition) is 6. The third-order valence-electron chi connectivity index (χ3n) is 3.77. The number of esters is 1. The van der Waals surface area contributed by atoms with E-state index in [2.05, 4.69) is 10.1 Å². The van der Waals surface area contributed by atoms with Gasteiger partial charge in [-0.05, 0) is 30.3 Å². The van der Waals surface area contributed by atoms with Gasteiger partial charge in [-0.3, -0.25) is 5.73 Å². The topological polar surface area (TPSA) is 92.3 Å². The maximum atomic E-state index is 13.0. The molecule has 3 aromatic rings. The van der Waals surface area contributed by atoms with Crippen molar-refractivity contribution in [3.8, 4) is 5.75 Å². The molecule has 0 aliphatic heterocycles. The second-order valence-electron chi connectivity index (χ2n) is 5.67. The van der Waals surface area contributed by atoms with Gasteiger partial charge in [0.25, 0.3) is 0 Å². The van der Waals surface area contributed by atoms with Gasteiger partial charge in [-0.15, -0.1) is 0 Å². The van der Waals surface area contributed by atoms with Crippen LogP contribution in [0.25, 0.3) is 0 Å². The Kier molecular flexibility index (Phi) is 5.68. The van der Waals surface area contributed by atoms with Gasteiger partial charge in [0.05, 0.1) is 0 Å². The lowest BCUT2D eigenvalue weighted by Crippen LogP contribution is -2.56. The summed E-state index contributed by atoms with van der Waals surface area (Å²) in [6.45, 7) is -0.369. The lowest BCUT2D eigenvalue weighted by atomic mass is 10.2. The zero-order chi connectivity index (χ0) is 19.3. The smallest absolute Gasteiger partial charge is 0.352 e. The summed E-state index contributed by atoms with van der Waals surface area (Å²) < 4.78 is 25.0. The first-order valence-corrected chi connectivity index (χ1v) is 8.30. The Hall–Kier alpha value is -2.97. The fourth-order valence-corrected chi connectivity index (χ4v) is 2.43. The molecular formula is C18H16ClFN4O3. The van der Waals surface area contributed by atoms with Gasteiger partial charge in [0.1, 0.15) is 37.4 Å². The van der Waals surface area contributed by atoms with Gasteiger partial charge in [-0.1, -0.05) is 29.8 Å². The Balaban J connectivity index is 1.74. The molecule has 1 atom stereocenters. The van der Waals surface area contributed by atoms with Gasteiger partial charge >= 0.3 is 5.97 Å². The second kappa shape index (κ2) is 8.15. The maximum Gasteiger partial charge on any atom is 0.352 e. The molecule has 1 unspecified atom stereocenters. The van der Waals surface area contributed by atoms with E-state index in [1.165, 1.54) is 36.9 Å². The fourth-order valence-electron chi connectivity index (χ4n) is 2.24. The Bertz CT molecular complexity index is 905. The number of nitrogens with zero attached hydrogens (tertiary/aromatic N) is 3. The molecule has 2 aromatic carbocycles. The Labute approximate surface area is 159 Å². The predicted molar refractivity (Wildman–Crippen MR) is 95.3 cm³/mol. The average Bonchev–Trinajstić information content (AvgIpc) is 3.22. The van der Waals surface area contributed by atoms with E-state index < -0.39 is 17.4 Å². The van der Waals surface area contributed by atoms with Crippen molar-refractivity contribution in [2.45, 2.75) is 12.3 Å². The minimum absolute atomic E-state index is 0.0668. The van der Waals surface area contributed by atoms with Crippen LogP contribution >= 0.6 is 11.6 Å². The molecule has 1 aromatic heterocycles. The van der Waals surface area contributed by atoms with Crippen molar-refractivity contribution in [2.75, 3.05) is 6.61 Å². The first-order chi connectivity index (χ1) is 13.0. The molecule has 0 saturated carbocycles. The summed E-state index contributed by atoms with van der Waals surface area (Å²) in [7, 11) is 0. The highest BCUT2D eigenvalue weighted by molar-refractivity contribution is 6.31.